The van der Waals surface area contributed by atoms with Crippen LogP contribution in [0.25, 0.3) is 10.9 Å². The Morgan fingerprint density at radius 3 is 2.63 bits per heavy atom. The third-order valence-corrected chi connectivity index (χ3v) is 2.88. The molecule has 0 unspecified atom stereocenters. The summed E-state index contributed by atoms with van der Waals surface area (Å²) >= 11 is 0. The molecule has 0 fully saturated rings. The molecule has 0 saturated carbocycles. The summed E-state index contributed by atoms with van der Waals surface area (Å²) < 4.78 is 7.29. The van der Waals surface area contributed by atoms with Gasteiger partial charge in [0, 0.05) is 25.1 Å². The highest BCUT2D eigenvalue weighted by Crippen LogP contribution is 2.29. The van der Waals surface area contributed by atoms with Crippen molar-refractivity contribution in [2.75, 3.05) is 7.11 Å². The number of hydrogen-bond acceptors (Lipinski definition) is 2. The normalized spacial score (nSPS) is 9.89. The van der Waals surface area contributed by atoms with Crippen LogP contribution in [0.4, 0.5) is 0 Å². The fourth-order valence-corrected chi connectivity index (χ4v) is 2.12. The molecule has 2 rings (SSSR count). The molecule has 4 nitrogen and oxygen atoms in total. The molecule has 1 N–H and O–H groups in total. The molecule has 1 aromatic heterocycles. The molecular weight excluding hydrogens is 242 g/mol. The molecule has 4 heteroatoms. The second-order valence-corrected chi connectivity index (χ2v) is 4.02. The minimum absolute atomic E-state index is 0.149. The molecular formula is C15H21NO3. The van der Waals surface area contributed by atoms with Crippen molar-refractivity contribution < 1.29 is 14.6 Å². The van der Waals surface area contributed by atoms with Crippen molar-refractivity contribution in [1.82, 2.24) is 4.57 Å². The first-order valence-electron chi connectivity index (χ1n) is 6.46. The van der Waals surface area contributed by atoms with Crippen molar-refractivity contribution in [3.63, 3.8) is 0 Å². The Hall–Kier alpha value is -1.97. The molecule has 0 spiro atoms. The lowest BCUT2D eigenvalue weighted by Gasteiger charge is -2.04. The van der Waals surface area contributed by atoms with Gasteiger partial charge in [-0.1, -0.05) is 26.0 Å². The number of rotatable bonds is 4. The van der Waals surface area contributed by atoms with E-state index in [4.69, 9.17) is 9.84 Å². The second kappa shape index (κ2) is 6.83. The van der Waals surface area contributed by atoms with Gasteiger partial charge in [0.15, 0.2) is 0 Å². The molecule has 0 amide bonds. The van der Waals surface area contributed by atoms with E-state index in [1.807, 2.05) is 49.9 Å². The lowest BCUT2D eigenvalue weighted by molar-refractivity contribution is -0.136. The molecule has 19 heavy (non-hydrogen) atoms. The van der Waals surface area contributed by atoms with E-state index < -0.39 is 5.97 Å². The Labute approximate surface area is 113 Å². The van der Waals surface area contributed by atoms with E-state index in [0.717, 1.165) is 22.2 Å². The number of methoxy groups -OCH3 is 1. The average molecular weight is 263 g/mol. The number of carboxylic acid groups (broad SMARTS) is 1. The zero-order valence-corrected chi connectivity index (χ0v) is 11.9. The van der Waals surface area contributed by atoms with Gasteiger partial charge in [-0.3, -0.25) is 4.79 Å². The molecule has 1 aromatic carbocycles. The largest absolute Gasteiger partial charge is 0.495 e. The van der Waals surface area contributed by atoms with Crippen LogP contribution in [0.1, 0.15) is 25.8 Å². The molecule has 2 aromatic rings. The Kier molecular flexibility index (Phi) is 5.42. The summed E-state index contributed by atoms with van der Waals surface area (Å²) in [5.74, 6) is 0.0384. The molecule has 0 bridgehead atoms. The maximum atomic E-state index is 10.6. The molecule has 104 valence electrons. The number of hydrogen-bond donors (Lipinski definition) is 1. The van der Waals surface area contributed by atoms with Crippen LogP contribution >= 0.6 is 0 Å². The highest BCUT2D eigenvalue weighted by molar-refractivity contribution is 5.89. The first-order valence-corrected chi connectivity index (χ1v) is 6.46. The first kappa shape index (κ1) is 15.1. The van der Waals surface area contributed by atoms with Crippen LogP contribution in [0.2, 0.25) is 0 Å². The summed E-state index contributed by atoms with van der Waals surface area (Å²) in [6.45, 7) is 4.00. The van der Waals surface area contributed by atoms with Gasteiger partial charge < -0.3 is 14.4 Å². The monoisotopic (exact) mass is 263 g/mol. The number of fused-ring (bicyclic) bond motifs is 1. The zero-order chi connectivity index (χ0) is 14.4. The number of carboxylic acids is 1. The van der Waals surface area contributed by atoms with E-state index in [2.05, 4.69) is 0 Å². The third-order valence-electron chi connectivity index (χ3n) is 2.88. The number of nitrogens with zero attached hydrogens (tertiary/aromatic N) is 1. The number of benzene rings is 1. The Bertz CT molecular complexity index is 558. The maximum Gasteiger partial charge on any atom is 0.303 e. The topological polar surface area (TPSA) is 51.5 Å². The summed E-state index contributed by atoms with van der Waals surface area (Å²) in [6.07, 6.45) is 2.66. The lowest BCUT2D eigenvalue weighted by atomic mass is 10.1. The summed E-state index contributed by atoms with van der Waals surface area (Å²) in [7, 11) is 3.58. The van der Waals surface area contributed by atoms with Gasteiger partial charge in [0.25, 0.3) is 0 Å². The molecule has 0 atom stereocenters. The number of carbonyl (C=O) groups is 1. The number of aliphatic carboxylic acids is 1. The van der Waals surface area contributed by atoms with Crippen molar-refractivity contribution in [2.45, 2.75) is 26.7 Å². The summed E-state index contributed by atoms with van der Waals surface area (Å²) in [6, 6.07) is 5.82. The number of para-hydroxylation sites is 1. The van der Waals surface area contributed by atoms with Gasteiger partial charge >= 0.3 is 5.97 Å². The maximum absolute atomic E-state index is 10.6. The van der Waals surface area contributed by atoms with Crippen molar-refractivity contribution in [1.29, 1.82) is 0 Å². The Morgan fingerprint density at radius 2 is 2.05 bits per heavy atom. The summed E-state index contributed by atoms with van der Waals surface area (Å²) in [5, 5.41) is 9.79. The lowest BCUT2D eigenvalue weighted by Crippen LogP contribution is -1.96. The van der Waals surface area contributed by atoms with Crippen molar-refractivity contribution in [2.24, 2.45) is 7.05 Å². The van der Waals surface area contributed by atoms with E-state index >= 15 is 0 Å². The van der Waals surface area contributed by atoms with Crippen molar-refractivity contribution in [3.05, 3.63) is 30.0 Å². The fourth-order valence-electron chi connectivity index (χ4n) is 2.12. The smallest absolute Gasteiger partial charge is 0.303 e. The molecule has 0 aliphatic carbocycles. The minimum atomic E-state index is -0.773. The molecule has 1 heterocycles. The highest BCUT2D eigenvalue weighted by atomic mass is 16.5. The van der Waals surface area contributed by atoms with Gasteiger partial charge in [0.1, 0.15) is 5.75 Å². The van der Waals surface area contributed by atoms with Gasteiger partial charge in [-0.25, -0.2) is 0 Å². The molecule has 0 aliphatic rings. The predicted octanol–water partition coefficient (Wildman–Crippen LogP) is 3.23. The highest BCUT2D eigenvalue weighted by Gasteiger charge is 2.11. The first-order chi connectivity index (χ1) is 9.13. The van der Waals surface area contributed by atoms with Crippen LogP contribution in [-0.4, -0.2) is 22.8 Å². The Morgan fingerprint density at radius 1 is 1.37 bits per heavy atom. The van der Waals surface area contributed by atoms with E-state index in [-0.39, 0.29) is 6.42 Å². The van der Waals surface area contributed by atoms with Gasteiger partial charge in [-0.05, 0) is 18.1 Å². The molecule has 0 saturated heterocycles. The van der Waals surface area contributed by atoms with Crippen LogP contribution in [0, 0.1) is 0 Å². The van der Waals surface area contributed by atoms with Crippen LogP contribution in [0.3, 0.4) is 0 Å². The van der Waals surface area contributed by atoms with Gasteiger partial charge in [-0.2, -0.15) is 0 Å². The van der Waals surface area contributed by atoms with Gasteiger partial charge in [0.05, 0.1) is 12.6 Å². The van der Waals surface area contributed by atoms with Gasteiger partial charge in [-0.15, -0.1) is 0 Å². The number of ether oxygens (including phenoxy) is 1. The van der Waals surface area contributed by atoms with Crippen LogP contribution in [0.15, 0.2) is 24.4 Å². The van der Waals surface area contributed by atoms with E-state index in [0.29, 0.717) is 6.42 Å². The average Bonchev–Trinajstić information content (AvgIpc) is 2.76. The zero-order valence-electron chi connectivity index (χ0n) is 11.9. The van der Waals surface area contributed by atoms with Crippen molar-refractivity contribution >= 4 is 16.9 Å². The van der Waals surface area contributed by atoms with E-state index in [1.165, 1.54) is 0 Å². The summed E-state index contributed by atoms with van der Waals surface area (Å²) in [4.78, 5) is 10.6. The predicted molar refractivity (Wildman–Crippen MR) is 76.8 cm³/mol. The molecule has 0 radical (unpaired) electrons. The molecule has 0 aliphatic heterocycles. The van der Waals surface area contributed by atoms with Crippen LogP contribution in [0.5, 0.6) is 5.75 Å². The SMILES string of the molecule is CC.COc1cccc2c(CCC(=O)O)cn(C)c12. The second-order valence-electron chi connectivity index (χ2n) is 4.02. The fraction of sp³-hybridized carbons (Fsp3) is 0.400. The Balaban J connectivity index is 0.000000861. The van der Waals surface area contributed by atoms with E-state index in [9.17, 15) is 4.79 Å². The third kappa shape index (κ3) is 3.28. The standard InChI is InChI=1S/C13H15NO3.C2H6/c1-14-8-9(6-7-12(15)16)10-4-3-5-11(17-2)13(10)14;1-2/h3-5,8H,6-7H2,1-2H3,(H,15,16);1-2H3. The minimum Gasteiger partial charge on any atom is -0.495 e. The van der Waals surface area contributed by atoms with Gasteiger partial charge in [0.2, 0.25) is 0 Å². The quantitative estimate of drug-likeness (QED) is 0.921. The van der Waals surface area contributed by atoms with Crippen LogP contribution < -0.4 is 4.74 Å². The van der Waals surface area contributed by atoms with E-state index in [1.54, 1.807) is 7.11 Å². The summed E-state index contributed by atoms with van der Waals surface area (Å²) in [5.41, 5.74) is 2.05. The van der Waals surface area contributed by atoms with Crippen molar-refractivity contribution in [3.8, 4) is 5.75 Å². The number of aromatic nitrogens is 1. The van der Waals surface area contributed by atoms with Crippen LogP contribution in [-0.2, 0) is 18.3 Å². The number of aryl methyl sites for hydroxylation is 2.